The molecule has 4 heteroatoms. The molecule has 1 atom stereocenters. The van der Waals surface area contributed by atoms with Crippen LogP contribution in [0.4, 0.5) is 0 Å². The van der Waals surface area contributed by atoms with Crippen LogP contribution in [-0.2, 0) is 4.74 Å². The summed E-state index contributed by atoms with van der Waals surface area (Å²) in [5.41, 5.74) is 0. The van der Waals surface area contributed by atoms with E-state index in [0.717, 1.165) is 37.8 Å². The second kappa shape index (κ2) is 6.58. The van der Waals surface area contributed by atoms with Crippen LogP contribution in [0, 0.1) is 6.92 Å². The molecular weight excluding hydrogens is 192 g/mol. The summed E-state index contributed by atoms with van der Waals surface area (Å²) in [5, 5.41) is 3.29. The van der Waals surface area contributed by atoms with Crippen molar-refractivity contribution >= 4 is 0 Å². The third kappa shape index (κ3) is 4.44. The zero-order valence-corrected chi connectivity index (χ0v) is 9.75. The molecule has 1 N–H and O–H groups in total. The van der Waals surface area contributed by atoms with Gasteiger partial charge in [-0.15, -0.1) is 0 Å². The Morgan fingerprint density at radius 3 is 2.93 bits per heavy atom. The zero-order chi connectivity index (χ0) is 11.1. The summed E-state index contributed by atoms with van der Waals surface area (Å²) in [6.45, 7) is 8.42. The minimum absolute atomic E-state index is 0.143. The van der Waals surface area contributed by atoms with E-state index in [9.17, 15) is 0 Å². The summed E-state index contributed by atoms with van der Waals surface area (Å²) in [6.07, 6.45) is 2.80. The van der Waals surface area contributed by atoms with Crippen molar-refractivity contribution in [3.05, 3.63) is 17.8 Å². The predicted octanol–water partition coefficient (Wildman–Crippen LogP) is 2.06. The summed E-state index contributed by atoms with van der Waals surface area (Å²) in [6, 6.07) is 0.143. The van der Waals surface area contributed by atoms with Gasteiger partial charge < -0.3 is 14.5 Å². The van der Waals surface area contributed by atoms with Crippen LogP contribution in [0.5, 0.6) is 0 Å². The fourth-order valence-electron chi connectivity index (χ4n) is 1.25. The standard InChI is InChI=1S/C11H20N2O2/c1-4-6-14-7-5-12-10(3)11-13-8-9(2)15-11/h8,10,12H,4-7H2,1-3H3. The monoisotopic (exact) mass is 212 g/mol. The van der Waals surface area contributed by atoms with E-state index in [1.54, 1.807) is 6.20 Å². The molecule has 0 radical (unpaired) electrons. The van der Waals surface area contributed by atoms with E-state index in [0.29, 0.717) is 0 Å². The Morgan fingerprint density at radius 2 is 2.33 bits per heavy atom. The van der Waals surface area contributed by atoms with Gasteiger partial charge in [0.05, 0.1) is 18.8 Å². The summed E-state index contributed by atoms with van der Waals surface area (Å²) in [4.78, 5) is 4.16. The SMILES string of the molecule is CCCOCCNC(C)c1ncc(C)o1. The third-order valence-electron chi connectivity index (χ3n) is 2.05. The lowest BCUT2D eigenvalue weighted by Gasteiger charge is -2.10. The maximum absolute atomic E-state index is 5.41. The average molecular weight is 212 g/mol. The van der Waals surface area contributed by atoms with Crippen molar-refractivity contribution in [1.82, 2.24) is 10.3 Å². The largest absolute Gasteiger partial charge is 0.444 e. The molecule has 0 aliphatic rings. The Morgan fingerprint density at radius 1 is 1.53 bits per heavy atom. The minimum Gasteiger partial charge on any atom is -0.444 e. The lowest BCUT2D eigenvalue weighted by Crippen LogP contribution is -2.23. The van der Waals surface area contributed by atoms with Gasteiger partial charge in [-0.05, 0) is 20.3 Å². The number of rotatable bonds is 7. The van der Waals surface area contributed by atoms with Crippen molar-refractivity contribution in [2.24, 2.45) is 0 Å². The van der Waals surface area contributed by atoms with Crippen LogP contribution in [0.1, 0.15) is 38.0 Å². The molecule has 86 valence electrons. The highest BCUT2D eigenvalue weighted by molar-refractivity contribution is 4.94. The van der Waals surface area contributed by atoms with Crippen molar-refractivity contribution in [3.8, 4) is 0 Å². The Bertz CT molecular complexity index is 273. The molecule has 4 nitrogen and oxygen atoms in total. The van der Waals surface area contributed by atoms with Crippen LogP contribution in [0.25, 0.3) is 0 Å². The zero-order valence-electron chi connectivity index (χ0n) is 9.75. The lowest BCUT2D eigenvalue weighted by atomic mass is 10.3. The number of ether oxygens (including phenoxy) is 1. The van der Waals surface area contributed by atoms with E-state index in [1.807, 2.05) is 13.8 Å². The minimum atomic E-state index is 0.143. The van der Waals surface area contributed by atoms with Gasteiger partial charge in [0.1, 0.15) is 5.76 Å². The molecule has 1 aromatic rings. The number of aromatic nitrogens is 1. The molecule has 0 fully saturated rings. The van der Waals surface area contributed by atoms with E-state index in [2.05, 4.69) is 17.2 Å². The molecule has 0 bridgehead atoms. The molecule has 0 spiro atoms. The van der Waals surface area contributed by atoms with Gasteiger partial charge in [0.2, 0.25) is 5.89 Å². The Kier molecular flexibility index (Phi) is 5.36. The smallest absolute Gasteiger partial charge is 0.211 e. The summed E-state index contributed by atoms with van der Waals surface area (Å²) >= 11 is 0. The van der Waals surface area contributed by atoms with Crippen LogP contribution < -0.4 is 5.32 Å². The molecule has 0 aliphatic heterocycles. The van der Waals surface area contributed by atoms with E-state index in [4.69, 9.17) is 9.15 Å². The van der Waals surface area contributed by atoms with Crippen LogP contribution in [0.15, 0.2) is 10.6 Å². The van der Waals surface area contributed by atoms with Crippen molar-refractivity contribution in [3.63, 3.8) is 0 Å². The van der Waals surface area contributed by atoms with Crippen LogP contribution in [-0.4, -0.2) is 24.7 Å². The van der Waals surface area contributed by atoms with E-state index in [1.165, 1.54) is 0 Å². The molecule has 1 unspecified atom stereocenters. The number of nitrogens with one attached hydrogen (secondary N) is 1. The molecular formula is C11H20N2O2. The van der Waals surface area contributed by atoms with Crippen molar-refractivity contribution < 1.29 is 9.15 Å². The van der Waals surface area contributed by atoms with E-state index >= 15 is 0 Å². The molecule has 0 aromatic carbocycles. The van der Waals surface area contributed by atoms with Crippen molar-refractivity contribution in [2.45, 2.75) is 33.2 Å². The van der Waals surface area contributed by atoms with Gasteiger partial charge in [0.15, 0.2) is 0 Å². The summed E-state index contributed by atoms with van der Waals surface area (Å²) < 4.78 is 10.8. The first-order valence-corrected chi connectivity index (χ1v) is 5.47. The van der Waals surface area contributed by atoms with Gasteiger partial charge >= 0.3 is 0 Å². The summed E-state index contributed by atoms with van der Waals surface area (Å²) in [7, 11) is 0. The first-order chi connectivity index (χ1) is 7.24. The van der Waals surface area contributed by atoms with Crippen LogP contribution in [0.3, 0.4) is 0 Å². The number of aryl methyl sites for hydroxylation is 1. The molecule has 15 heavy (non-hydrogen) atoms. The number of hydrogen-bond donors (Lipinski definition) is 1. The Hall–Kier alpha value is -0.870. The third-order valence-corrected chi connectivity index (χ3v) is 2.05. The Balaban J connectivity index is 2.16. The van der Waals surface area contributed by atoms with Gasteiger partial charge in [-0.1, -0.05) is 6.92 Å². The van der Waals surface area contributed by atoms with Crippen molar-refractivity contribution in [2.75, 3.05) is 19.8 Å². The normalized spacial score (nSPS) is 13.0. The average Bonchev–Trinajstić information content (AvgIpc) is 2.64. The van der Waals surface area contributed by atoms with Crippen LogP contribution >= 0.6 is 0 Å². The fraction of sp³-hybridized carbons (Fsp3) is 0.727. The fourth-order valence-corrected chi connectivity index (χ4v) is 1.25. The maximum Gasteiger partial charge on any atom is 0.211 e. The number of nitrogens with zero attached hydrogens (tertiary/aromatic N) is 1. The lowest BCUT2D eigenvalue weighted by molar-refractivity contribution is 0.134. The highest BCUT2D eigenvalue weighted by Crippen LogP contribution is 2.11. The topological polar surface area (TPSA) is 47.3 Å². The van der Waals surface area contributed by atoms with E-state index in [-0.39, 0.29) is 6.04 Å². The van der Waals surface area contributed by atoms with E-state index < -0.39 is 0 Å². The van der Waals surface area contributed by atoms with Gasteiger partial charge in [-0.2, -0.15) is 0 Å². The molecule has 0 aliphatic carbocycles. The molecule has 1 rings (SSSR count). The van der Waals surface area contributed by atoms with Crippen molar-refractivity contribution in [1.29, 1.82) is 0 Å². The molecule has 0 amide bonds. The van der Waals surface area contributed by atoms with Gasteiger partial charge in [0.25, 0.3) is 0 Å². The first kappa shape index (κ1) is 12.2. The highest BCUT2D eigenvalue weighted by atomic mass is 16.5. The second-order valence-electron chi connectivity index (χ2n) is 3.60. The molecule has 0 saturated carbocycles. The van der Waals surface area contributed by atoms with Gasteiger partial charge in [0, 0.05) is 13.2 Å². The van der Waals surface area contributed by atoms with Gasteiger partial charge in [-0.25, -0.2) is 4.98 Å². The highest BCUT2D eigenvalue weighted by Gasteiger charge is 2.09. The quantitative estimate of drug-likeness (QED) is 0.703. The number of hydrogen-bond acceptors (Lipinski definition) is 4. The predicted molar refractivity (Wildman–Crippen MR) is 58.8 cm³/mol. The van der Waals surface area contributed by atoms with Crippen LogP contribution in [0.2, 0.25) is 0 Å². The number of oxazole rings is 1. The Labute approximate surface area is 91.0 Å². The molecule has 1 aromatic heterocycles. The summed E-state index contributed by atoms with van der Waals surface area (Å²) in [5.74, 6) is 1.59. The second-order valence-corrected chi connectivity index (χ2v) is 3.60. The van der Waals surface area contributed by atoms with Gasteiger partial charge in [-0.3, -0.25) is 0 Å². The maximum atomic E-state index is 5.41. The molecule has 0 saturated heterocycles. The first-order valence-electron chi connectivity index (χ1n) is 5.47. The molecule has 1 heterocycles.